The van der Waals surface area contributed by atoms with Gasteiger partial charge in [0, 0.05) is 24.9 Å². The van der Waals surface area contributed by atoms with Crippen LogP contribution in [-0.2, 0) is 20.7 Å². The van der Waals surface area contributed by atoms with Crippen LogP contribution in [0.2, 0.25) is 0 Å². The number of carbonyl (C=O) groups excluding carboxylic acids is 2. The molecule has 0 saturated carbocycles. The van der Waals surface area contributed by atoms with E-state index in [1.165, 1.54) is 7.11 Å². The van der Waals surface area contributed by atoms with E-state index in [1.54, 1.807) is 0 Å². The maximum absolute atomic E-state index is 11.7. The molecule has 0 bridgehead atoms. The molecule has 2 atom stereocenters. The Morgan fingerprint density at radius 2 is 1.85 bits per heavy atom. The van der Waals surface area contributed by atoms with Crippen molar-refractivity contribution in [1.82, 2.24) is 0 Å². The number of hydrogen-bond donors (Lipinski definition) is 2. The number of anilines is 1. The molecule has 8 heteroatoms. The van der Waals surface area contributed by atoms with Gasteiger partial charge in [0.25, 0.3) is 0 Å². The topological polar surface area (TPSA) is 111 Å². The Kier molecular flexibility index (Phi) is 8.95. The first-order chi connectivity index (χ1) is 16.0. The molecular weight excluding hydrogens is 424 g/mol. The number of methoxy groups -OCH3 is 1. The van der Waals surface area contributed by atoms with Crippen LogP contribution in [0.4, 0.5) is 5.69 Å². The van der Waals surface area contributed by atoms with E-state index in [-0.39, 0.29) is 18.3 Å². The summed E-state index contributed by atoms with van der Waals surface area (Å²) in [7, 11) is 1.36. The Morgan fingerprint density at radius 1 is 1.09 bits per heavy atom. The highest BCUT2D eigenvalue weighted by Gasteiger charge is 2.34. The molecule has 0 aliphatic carbocycles. The number of hydrogen-bond acceptors (Lipinski definition) is 7. The van der Waals surface area contributed by atoms with Gasteiger partial charge in [-0.3, -0.25) is 9.59 Å². The number of ether oxygens (including phenoxy) is 3. The van der Waals surface area contributed by atoms with Gasteiger partial charge in [-0.05, 0) is 31.0 Å². The van der Waals surface area contributed by atoms with Gasteiger partial charge < -0.3 is 30.0 Å². The molecule has 3 rings (SSSR count). The number of para-hydroxylation sites is 3. The SMILES string of the molecule is COC(=O)Cc1ccccc1OCCC1Oc2ccccc2N(CCCCCC(N)=O)C1O. The van der Waals surface area contributed by atoms with E-state index in [0.29, 0.717) is 31.7 Å². The molecule has 2 unspecified atom stereocenters. The summed E-state index contributed by atoms with van der Waals surface area (Å²) in [5.41, 5.74) is 6.80. The maximum atomic E-state index is 11.7. The Morgan fingerprint density at radius 3 is 2.64 bits per heavy atom. The zero-order valence-corrected chi connectivity index (χ0v) is 18.9. The number of fused-ring (bicyclic) bond motifs is 1. The summed E-state index contributed by atoms with van der Waals surface area (Å²) in [5.74, 6) is 0.705. The zero-order chi connectivity index (χ0) is 23.6. The van der Waals surface area contributed by atoms with Gasteiger partial charge in [-0.1, -0.05) is 36.8 Å². The summed E-state index contributed by atoms with van der Waals surface area (Å²) in [6, 6.07) is 15.0. The van der Waals surface area contributed by atoms with Crippen molar-refractivity contribution in [2.24, 2.45) is 5.73 Å². The lowest BCUT2D eigenvalue weighted by molar-refractivity contribution is -0.139. The van der Waals surface area contributed by atoms with Crippen LogP contribution >= 0.6 is 0 Å². The number of esters is 1. The van der Waals surface area contributed by atoms with Crippen molar-refractivity contribution in [3.8, 4) is 11.5 Å². The van der Waals surface area contributed by atoms with Gasteiger partial charge in [0.2, 0.25) is 5.91 Å². The third kappa shape index (κ3) is 6.86. The average Bonchev–Trinajstić information content (AvgIpc) is 2.81. The summed E-state index contributed by atoms with van der Waals surface area (Å²) in [6.07, 6.45) is 2.07. The number of primary amides is 1. The molecule has 1 aliphatic rings. The van der Waals surface area contributed by atoms with E-state index in [0.717, 1.165) is 36.3 Å². The zero-order valence-electron chi connectivity index (χ0n) is 18.9. The lowest BCUT2D eigenvalue weighted by Gasteiger charge is -2.40. The van der Waals surface area contributed by atoms with E-state index >= 15 is 0 Å². The first-order valence-electron chi connectivity index (χ1n) is 11.3. The van der Waals surface area contributed by atoms with Crippen LogP contribution in [0.15, 0.2) is 48.5 Å². The fourth-order valence-electron chi connectivity index (χ4n) is 3.88. The summed E-state index contributed by atoms with van der Waals surface area (Å²) in [6.45, 7) is 0.953. The van der Waals surface area contributed by atoms with Crippen LogP contribution in [-0.4, -0.2) is 49.6 Å². The van der Waals surface area contributed by atoms with Crippen LogP contribution in [0.25, 0.3) is 0 Å². The van der Waals surface area contributed by atoms with Crippen LogP contribution in [0.3, 0.4) is 0 Å². The quantitative estimate of drug-likeness (QED) is 0.373. The molecule has 178 valence electrons. The molecule has 2 aromatic rings. The Balaban J connectivity index is 1.60. The number of aliphatic hydroxyl groups is 1. The minimum Gasteiger partial charge on any atom is -0.493 e. The molecule has 3 N–H and O–H groups in total. The minimum absolute atomic E-state index is 0.131. The second-order valence-corrected chi connectivity index (χ2v) is 8.01. The fraction of sp³-hybridized carbons (Fsp3) is 0.440. The maximum Gasteiger partial charge on any atom is 0.310 e. The molecule has 1 amide bonds. The molecule has 0 fully saturated rings. The average molecular weight is 457 g/mol. The predicted molar refractivity (Wildman–Crippen MR) is 124 cm³/mol. The molecule has 0 saturated heterocycles. The molecule has 0 aromatic heterocycles. The largest absolute Gasteiger partial charge is 0.493 e. The molecule has 33 heavy (non-hydrogen) atoms. The molecule has 1 aliphatic heterocycles. The second-order valence-electron chi connectivity index (χ2n) is 8.01. The van der Waals surface area contributed by atoms with Gasteiger partial charge in [-0.15, -0.1) is 0 Å². The number of aliphatic hydroxyl groups excluding tert-OH is 1. The van der Waals surface area contributed by atoms with Crippen molar-refractivity contribution in [3.05, 3.63) is 54.1 Å². The number of benzene rings is 2. The van der Waals surface area contributed by atoms with E-state index in [2.05, 4.69) is 0 Å². The number of nitrogens with two attached hydrogens (primary N) is 1. The third-order valence-electron chi connectivity index (χ3n) is 5.62. The summed E-state index contributed by atoms with van der Waals surface area (Å²) in [4.78, 5) is 24.5. The van der Waals surface area contributed by atoms with Gasteiger partial charge in [0.15, 0.2) is 6.23 Å². The number of rotatable bonds is 12. The Hall–Kier alpha value is -3.26. The highest BCUT2D eigenvalue weighted by atomic mass is 16.5. The van der Waals surface area contributed by atoms with Crippen LogP contribution in [0, 0.1) is 0 Å². The third-order valence-corrected chi connectivity index (χ3v) is 5.62. The smallest absolute Gasteiger partial charge is 0.310 e. The minimum atomic E-state index is -0.829. The van der Waals surface area contributed by atoms with Crippen molar-refractivity contribution in [3.63, 3.8) is 0 Å². The molecule has 0 spiro atoms. The van der Waals surface area contributed by atoms with Crippen LogP contribution < -0.4 is 20.1 Å². The summed E-state index contributed by atoms with van der Waals surface area (Å²) >= 11 is 0. The van der Waals surface area contributed by atoms with Crippen molar-refractivity contribution < 1.29 is 28.9 Å². The molecule has 1 heterocycles. The van der Waals surface area contributed by atoms with Gasteiger partial charge in [-0.2, -0.15) is 0 Å². The van der Waals surface area contributed by atoms with Crippen molar-refractivity contribution >= 4 is 17.6 Å². The van der Waals surface area contributed by atoms with E-state index in [9.17, 15) is 14.7 Å². The monoisotopic (exact) mass is 456 g/mol. The number of nitrogens with zero attached hydrogens (tertiary/aromatic N) is 1. The Labute approximate surface area is 194 Å². The van der Waals surface area contributed by atoms with Crippen molar-refractivity contribution in [2.45, 2.75) is 50.9 Å². The Bertz CT molecular complexity index is 935. The fourth-order valence-corrected chi connectivity index (χ4v) is 3.88. The van der Waals surface area contributed by atoms with Crippen LogP contribution in [0.1, 0.15) is 37.7 Å². The van der Waals surface area contributed by atoms with Gasteiger partial charge in [-0.25, -0.2) is 0 Å². The van der Waals surface area contributed by atoms with Crippen molar-refractivity contribution in [1.29, 1.82) is 0 Å². The lowest BCUT2D eigenvalue weighted by atomic mass is 10.1. The highest BCUT2D eigenvalue weighted by molar-refractivity contribution is 5.73. The molecule has 8 nitrogen and oxygen atoms in total. The van der Waals surface area contributed by atoms with E-state index in [1.807, 2.05) is 53.4 Å². The predicted octanol–water partition coefficient (Wildman–Crippen LogP) is 2.80. The van der Waals surface area contributed by atoms with Crippen molar-refractivity contribution in [2.75, 3.05) is 25.2 Å². The number of amides is 1. The van der Waals surface area contributed by atoms with E-state index in [4.69, 9.17) is 19.9 Å². The molecule has 0 radical (unpaired) electrons. The highest BCUT2D eigenvalue weighted by Crippen LogP contribution is 2.36. The first kappa shape index (κ1) is 24.4. The normalized spacial score (nSPS) is 17.1. The molecule has 2 aromatic carbocycles. The van der Waals surface area contributed by atoms with Crippen LogP contribution in [0.5, 0.6) is 11.5 Å². The first-order valence-corrected chi connectivity index (χ1v) is 11.3. The lowest BCUT2D eigenvalue weighted by Crippen LogP contribution is -2.50. The second kappa shape index (κ2) is 12.1. The van der Waals surface area contributed by atoms with Gasteiger partial charge in [0.05, 0.1) is 25.8 Å². The van der Waals surface area contributed by atoms with Gasteiger partial charge in [0.1, 0.15) is 17.6 Å². The summed E-state index contributed by atoms with van der Waals surface area (Å²) in [5, 5.41) is 11.0. The standard InChI is InChI=1S/C25H32N2O6/c1-31-24(29)17-18-9-4-6-11-20(18)32-16-14-22-25(30)27(15-8-2-3-13-23(26)28)19-10-5-7-12-21(19)33-22/h4-7,9-12,22,25,30H,2-3,8,13-17H2,1H3,(H2,26,28). The molecular formula is C25H32N2O6. The van der Waals surface area contributed by atoms with E-state index < -0.39 is 12.3 Å². The number of unbranched alkanes of at least 4 members (excludes halogenated alkanes) is 2. The summed E-state index contributed by atoms with van der Waals surface area (Å²) < 4.78 is 16.8. The number of carbonyl (C=O) groups is 2. The van der Waals surface area contributed by atoms with Gasteiger partial charge >= 0.3 is 5.97 Å².